The van der Waals surface area contributed by atoms with Gasteiger partial charge in [0.05, 0.1) is 6.10 Å². The van der Waals surface area contributed by atoms with Gasteiger partial charge in [-0.15, -0.1) is 12.6 Å². The third kappa shape index (κ3) is 6.39. The fourth-order valence-corrected chi connectivity index (χ4v) is 9.70. The molecule has 3 fully saturated rings. The minimum atomic E-state index is -0.0766. The Morgan fingerprint density at radius 1 is 1.06 bits per heavy atom. The van der Waals surface area contributed by atoms with Crippen LogP contribution < -0.4 is 0 Å². The summed E-state index contributed by atoms with van der Waals surface area (Å²) in [5.41, 5.74) is 2.60. The van der Waals surface area contributed by atoms with E-state index in [1.54, 1.807) is 5.57 Å². The first-order chi connectivity index (χ1) is 17.0. The fraction of sp³-hybridized carbons (Fsp3) is 0.906. The van der Waals surface area contributed by atoms with Crippen molar-refractivity contribution in [3.63, 3.8) is 0 Å². The number of nitrogens with zero attached hydrogens (tertiary/aromatic N) is 1. The van der Waals surface area contributed by atoms with E-state index in [-0.39, 0.29) is 6.10 Å². The van der Waals surface area contributed by atoms with Crippen LogP contribution in [0.3, 0.4) is 0 Å². The number of allylic oxidation sites excluding steroid dienone is 1. The Hall–Kier alpha value is -0.0600. The summed E-state index contributed by atoms with van der Waals surface area (Å²) in [7, 11) is 0. The van der Waals surface area contributed by atoms with E-state index in [0.717, 1.165) is 61.4 Å². The molecule has 1 unspecified atom stereocenters. The molecule has 0 aromatic rings. The van der Waals surface area contributed by atoms with Crippen molar-refractivity contribution >= 4 is 29.2 Å². The predicted octanol–water partition coefficient (Wildman–Crippen LogP) is 8.93. The Morgan fingerprint density at radius 3 is 2.33 bits per heavy atom. The lowest BCUT2D eigenvalue weighted by molar-refractivity contribution is -0.0573. The molecular weight excluding hydrogens is 478 g/mol. The Kier molecular flexibility index (Phi) is 10.9. The van der Waals surface area contributed by atoms with Gasteiger partial charge in [-0.2, -0.15) is 0 Å². The minimum absolute atomic E-state index is 0.0766. The van der Waals surface area contributed by atoms with Crippen LogP contribution in [0.4, 0.5) is 0 Å². The highest BCUT2D eigenvalue weighted by Crippen LogP contribution is 2.67. The largest absolute Gasteiger partial charge is 0.393 e. The molecule has 4 aliphatic carbocycles. The summed E-state index contributed by atoms with van der Waals surface area (Å²) in [4.78, 5) is 2.01. The van der Waals surface area contributed by atoms with Crippen molar-refractivity contribution in [2.24, 2.45) is 46.3 Å². The van der Waals surface area contributed by atoms with Crippen molar-refractivity contribution in [3.8, 4) is 0 Å². The van der Waals surface area contributed by atoms with Crippen molar-refractivity contribution in [2.75, 3.05) is 13.1 Å². The molecule has 0 amide bonds. The van der Waals surface area contributed by atoms with E-state index < -0.39 is 0 Å². The molecule has 0 bridgehead atoms. The van der Waals surface area contributed by atoms with Crippen molar-refractivity contribution in [1.82, 2.24) is 4.90 Å². The lowest BCUT2D eigenvalue weighted by atomic mass is 9.47. The van der Waals surface area contributed by atoms with Crippen LogP contribution in [0.1, 0.15) is 119 Å². The molecule has 4 heteroatoms. The summed E-state index contributed by atoms with van der Waals surface area (Å²) >= 11 is 8.82. The first-order valence-corrected chi connectivity index (χ1v) is 16.2. The second-order valence-electron chi connectivity index (χ2n) is 13.6. The van der Waals surface area contributed by atoms with Crippen LogP contribution in [0.2, 0.25) is 0 Å². The third-order valence-electron chi connectivity index (χ3n) is 11.3. The van der Waals surface area contributed by atoms with Crippen molar-refractivity contribution in [2.45, 2.75) is 125 Å². The molecular formula is C32H57NOS2. The smallest absolute Gasteiger partial charge is 0.133 e. The number of thiocarbonyl (C=S) groups is 1. The van der Waals surface area contributed by atoms with Gasteiger partial charge in [-0.25, -0.2) is 0 Å². The van der Waals surface area contributed by atoms with Gasteiger partial charge in [0.2, 0.25) is 0 Å². The van der Waals surface area contributed by atoms with E-state index in [4.69, 9.17) is 12.2 Å². The maximum absolute atomic E-state index is 10.2. The summed E-state index contributed by atoms with van der Waals surface area (Å²) < 4.78 is 0.690. The number of aliphatic hydroxyl groups is 1. The van der Waals surface area contributed by atoms with E-state index in [9.17, 15) is 5.11 Å². The average molecular weight is 536 g/mol. The predicted molar refractivity (Wildman–Crippen MR) is 164 cm³/mol. The van der Waals surface area contributed by atoms with Gasteiger partial charge in [0.1, 0.15) is 4.32 Å². The van der Waals surface area contributed by atoms with E-state index in [1.807, 2.05) is 4.90 Å². The molecule has 3 saturated carbocycles. The van der Waals surface area contributed by atoms with Crippen LogP contribution in [0.5, 0.6) is 0 Å². The molecule has 0 aromatic carbocycles. The Morgan fingerprint density at radius 2 is 1.75 bits per heavy atom. The normalized spacial score (nSPS) is 38.2. The van der Waals surface area contributed by atoms with Gasteiger partial charge in [0.25, 0.3) is 0 Å². The molecule has 36 heavy (non-hydrogen) atoms. The molecule has 0 aromatic heterocycles. The zero-order valence-corrected chi connectivity index (χ0v) is 26.3. The van der Waals surface area contributed by atoms with Gasteiger partial charge in [-0.05, 0) is 112 Å². The monoisotopic (exact) mass is 535 g/mol. The van der Waals surface area contributed by atoms with Gasteiger partial charge < -0.3 is 10.0 Å². The van der Waals surface area contributed by atoms with Crippen molar-refractivity contribution in [3.05, 3.63) is 11.6 Å². The molecule has 4 rings (SSSR count). The number of rotatable bonds is 7. The molecule has 208 valence electrons. The summed E-state index contributed by atoms with van der Waals surface area (Å²) in [6.45, 7) is 18.6. The Balaban J connectivity index is 0.000000392. The Bertz CT molecular complexity index is 761. The van der Waals surface area contributed by atoms with Crippen LogP contribution in [0.25, 0.3) is 0 Å². The van der Waals surface area contributed by atoms with Gasteiger partial charge in [-0.1, -0.05) is 77.7 Å². The number of hydrogen-bond acceptors (Lipinski definition) is 2. The first-order valence-electron chi connectivity index (χ1n) is 15.3. The van der Waals surface area contributed by atoms with Crippen LogP contribution in [0.15, 0.2) is 11.6 Å². The van der Waals surface area contributed by atoms with E-state index in [0.29, 0.717) is 15.2 Å². The van der Waals surface area contributed by atoms with Crippen LogP contribution in [-0.4, -0.2) is 33.5 Å². The molecule has 0 radical (unpaired) electrons. The standard InChI is InChI=1S/C27H46O.C5H11NS2/c1-18(2)7-6-8-19(3)23-11-12-24-22-10-9-20-17-21(28)13-15-26(20,4)25(22)14-16-27(23,24)5;1-3-6(4-2)5(7)8/h9,18-19,21-25,28H,6-8,10-17H2,1-5H3;3-4H2,1-2H3,(H,7,8)/t19?,21-,22-,23+,24-,25-,26-,27+;/m0./s1. The van der Waals surface area contributed by atoms with E-state index in [1.165, 1.54) is 57.8 Å². The maximum atomic E-state index is 10.2. The molecule has 0 saturated heterocycles. The van der Waals surface area contributed by atoms with E-state index in [2.05, 4.69) is 67.2 Å². The molecule has 0 spiro atoms. The maximum Gasteiger partial charge on any atom is 0.133 e. The zero-order valence-electron chi connectivity index (χ0n) is 24.6. The highest BCUT2D eigenvalue weighted by molar-refractivity contribution is 8.10. The molecule has 0 aliphatic heterocycles. The molecule has 1 N–H and O–H groups in total. The molecule has 8 atom stereocenters. The zero-order chi connectivity index (χ0) is 26.7. The number of aliphatic hydroxyl groups excluding tert-OH is 1. The second-order valence-corrected chi connectivity index (χ2v) is 14.8. The van der Waals surface area contributed by atoms with Crippen molar-refractivity contribution < 1.29 is 5.11 Å². The summed E-state index contributed by atoms with van der Waals surface area (Å²) in [5, 5.41) is 10.2. The highest BCUT2D eigenvalue weighted by Gasteiger charge is 2.59. The fourth-order valence-electron chi connectivity index (χ4n) is 9.16. The topological polar surface area (TPSA) is 23.5 Å². The summed E-state index contributed by atoms with van der Waals surface area (Å²) in [6, 6.07) is 0. The number of fused-ring (bicyclic) bond motifs is 5. The van der Waals surface area contributed by atoms with Crippen LogP contribution in [-0.2, 0) is 0 Å². The third-order valence-corrected chi connectivity index (χ3v) is 11.9. The summed E-state index contributed by atoms with van der Waals surface area (Å²) in [6.07, 6.45) is 17.2. The summed E-state index contributed by atoms with van der Waals surface area (Å²) in [5.74, 6) is 5.46. The van der Waals surface area contributed by atoms with Gasteiger partial charge in [0, 0.05) is 13.1 Å². The lowest BCUT2D eigenvalue weighted by Gasteiger charge is -2.58. The Labute approximate surface area is 234 Å². The highest BCUT2D eigenvalue weighted by atomic mass is 32.1. The number of thiol groups is 1. The molecule has 4 aliphatic rings. The SMILES string of the molecule is CC(C)CCCC(C)[C@H]1CC[C@H]2[C@@H]3CC=C4C[C@@H](O)CC[C@]4(C)[C@H]3CC[C@]12C.CCN(CC)C(=S)S. The van der Waals surface area contributed by atoms with Crippen LogP contribution in [0, 0.1) is 46.3 Å². The van der Waals surface area contributed by atoms with Gasteiger partial charge >= 0.3 is 0 Å². The quantitative estimate of drug-likeness (QED) is 0.193. The van der Waals surface area contributed by atoms with Gasteiger partial charge in [-0.3, -0.25) is 0 Å². The number of hydrogen-bond donors (Lipinski definition) is 2. The first kappa shape index (κ1) is 30.5. The molecule has 0 heterocycles. The lowest BCUT2D eigenvalue weighted by Crippen LogP contribution is -2.50. The van der Waals surface area contributed by atoms with Crippen LogP contribution >= 0.6 is 24.8 Å². The molecule has 2 nitrogen and oxygen atoms in total. The van der Waals surface area contributed by atoms with Crippen molar-refractivity contribution in [1.29, 1.82) is 0 Å². The minimum Gasteiger partial charge on any atom is -0.393 e. The van der Waals surface area contributed by atoms with E-state index >= 15 is 0 Å². The average Bonchev–Trinajstić information content (AvgIpc) is 3.17. The van der Waals surface area contributed by atoms with Gasteiger partial charge in [0.15, 0.2) is 0 Å². The second kappa shape index (κ2) is 12.9.